The zero-order chi connectivity index (χ0) is 96.0. The Labute approximate surface area is 836 Å². The number of alkyl halides is 4. The first-order valence-corrected chi connectivity index (χ1v) is 48.8. The molecule has 6 amide bonds. The van der Waals surface area contributed by atoms with Crippen LogP contribution in [0.4, 0.5) is 40.7 Å². The summed E-state index contributed by atoms with van der Waals surface area (Å²) in [7, 11) is 0. The Hall–Kier alpha value is -8.56. The number of amides is 6. The van der Waals surface area contributed by atoms with E-state index in [0.717, 1.165) is 105 Å². The zero-order valence-electron chi connectivity index (χ0n) is 80.2. The van der Waals surface area contributed by atoms with E-state index in [1.165, 1.54) is 33.3 Å². The number of alkyl carbamates (subject to hydrolysis) is 3. The van der Waals surface area contributed by atoms with Gasteiger partial charge in [-0.3, -0.25) is 14.4 Å². The smallest absolute Gasteiger partial charge is 0.408 e. The number of benzene rings is 3. The molecule has 745 valence electrons. The molecule has 10 fully saturated rings. The van der Waals surface area contributed by atoms with Crippen LogP contribution < -0.4 is 34.9 Å². The van der Waals surface area contributed by atoms with Crippen molar-refractivity contribution in [2.24, 2.45) is 87.3 Å². The zero-order valence-corrected chi connectivity index (χ0v) is 84.4. The molecule has 3 radical (unpaired) electrons. The van der Waals surface area contributed by atoms with Crippen molar-refractivity contribution >= 4 is 88.0 Å². The Bertz CT molecular complexity index is 5500. The number of aromatic nitrogens is 6. The molecule has 37 heteroatoms. The van der Waals surface area contributed by atoms with Gasteiger partial charge in [-0.05, 0) is 220 Å². The van der Waals surface area contributed by atoms with E-state index in [4.69, 9.17) is 43.1 Å². The van der Waals surface area contributed by atoms with Gasteiger partial charge in [-0.1, -0.05) is 140 Å². The molecule has 6 unspecified atom stereocenters. The summed E-state index contributed by atoms with van der Waals surface area (Å²) in [5.41, 5.74) is -0.896. The van der Waals surface area contributed by atoms with Crippen LogP contribution in [0, 0.1) is 98.9 Å². The third kappa shape index (κ3) is 22.7. The van der Waals surface area contributed by atoms with Gasteiger partial charge in [0.05, 0.1) is 58.8 Å². The molecule has 3 saturated heterocycles. The number of nitrogens with one attached hydrogen (secondary N) is 3. The second-order valence-electron chi connectivity index (χ2n) is 43.4. The van der Waals surface area contributed by atoms with Crippen LogP contribution in [-0.4, -0.2) is 198 Å². The largest absolute Gasteiger partial charge is 0.540 e. The second kappa shape index (κ2) is 42.2. The first-order valence-electron chi connectivity index (χ1n) is 48.8. The summed E-state index contributed by atoms with van der Waals surface area (Å²) < 4.78 is 135. The van der Waals surface area contributed by atoms with E-state index in [0.29, 0.717) is 104 Å². The van der Waals surface area contributed by atoms with E-state index in [9.17, 15) is 51.9 Å². The normalized spacial score (nSPS) is 32.9. The Morgan fingerprint density at radius 2 is 0.775 bits per heavy atom. The van der Waals surface area contributed by atoms with E-state index in [2.05, 4.69) is 42.2 Å². The minimum absolute atomic E-state index is 0. The minimum Gasteiger partial charge on any atom is -0.540 e. The van der Waals surface area contributed by atoms with Gasteiger partial charge < -0.3 is 78.2 Å². The minimum atomic E-state index is -3.42. The predicted octanol–water partition coefficient (Wildman–Crippen LogP) is 16.5. The number of rotatable bonds is 7. The van der Waals surface area contributed by atoms with Crippen molar-refractivity contribution in [3.63, 3.8) is 0 Å². The third-order valence-corrected chi connectivity index (χ3v) is 30.8. The SMILES string of the molecule is CC[C@@H]1[C@@H]2CN(C(=O)[C@H](C(C)(C)C)NC(=O)O[C@@H]3CC4CC4[C@H]3CCCCC(F)(F)c3nc4ccc(F)cc4nc3O2)[C@@H]1[C-]=O.CC[C@@H]1[C@@H]2CN(C(=O)[C@H](C(C)(C)C)NC(=O)O[C@@H]3CC4CC4[C@H]3CCCCCc3nc4ccc(OC5CC5)cc4nc3O2)[C@@H]1[C-]=O.C[C@@H]1[C@@H]2CN(C(=O)[C@H](C(C)(C)C)NC(=O)O[C@@H]3CC4CC4[C@H]3CCCCC(F)(F)c3nc4ccc(F)cc4nc3O2)[C@@H]1[C-]=O.[V].[V].[V]. The molecule has 7 saturated carbocycles. The second-order valence-corrected chi connectivity index (χ2v) is 43.4. The molecule has 3 aromatic carbocycles. The van der Waals surface area contributed by atoms with Gasteiger partial charge in [0.15, 0.2) is 11.4 Å². The quantitative estimate of drug-likeness (QED) is 0.0759. The third-order valence-electron chi connectivity index (χ3n) is 30.8. The first kappa shape index (κ1) is 105. The van der Waals surface area contributed by atoms with Crippen LogP contribution in [0.2, 0.25) is 0 Å². The summed E-state index contributed by atoms with van der Waals surface area (Å²) in [6, 6.07) is 6.96. The Morgan fingerprint density at radius 3 is 1.17 bits per heavy atom. The predicted molar refractivity (Wildman–Crippen MR) is 482 cm³/mol. The van der Waals surface area contributed by atoms with E-state index >= 15 is 17.6 Å². The van der Waals surface area contributed by atoms with Gasteiger partial charge in [0.25, 0.3) is 11.8 Å². The van der Waals surface area contributed by atoms with Crippen LogP contribution in [0.5, 0.6) is 23.4 Å². The van der Waals surface area contributed by atoms with Gasteiger partial charge in [-0.15, -0.1) is 0 Å². The number of nitrogens with zero attached hydrogens (tertiary/aromatic N) is 9. The Morgan fingerprint density at radius 1 is 0.413 bits per heavy atom. The monoisotopic (exact) mass is 2030 g/mol. The molecule has 3 N–H and O–H groups in total. The Kier molecular flexibility index (Phi) is 32.2. The number of hydrogen-bond donors (Lipinski definition) is 3. The van der Waals surface area contributed by atoms with Crippen molar-refractivity contribution in [1.29, 1.82) is 0 Å². The van der Waals surface area contributed by atoms with Crippen LogP contribution in [0.15, 0.2) is 54.6 Å². The van der Waals surface area contributed by atoms with Gasteiger partial charge in [-0.2, -0.15) is 17.6 Å². The first-order chi connectivity index (χ1) is 64.2. The number of fused-ring (bicyclic) bond motifs is 21. The average Bonchev–Trinajstić information content (AvgIpc) is 1.57. The van der Waals surface area contributed by atoms with Crippen molar-refractivity contribution in [2.75, 3.05) is 19.6 Å². The van der Waals surface area contributed by atoms with E-state index < -0.39 is 172 Å². The van der Waals surface area contributed by atoms with Crippen molar-refractivity contribution in [1.82, 2.24) is 60.6 Å². The number of carbonyl (C=O) groups excluding carboxylic acids is 9. The van der Waals surface area contributed by atoms with E-state index in [-0.39, 0.29) is 158 Å². The summed E-state index contributed by atoms with van der Waals surface area (Å²) in [5.74, 6) is -7.28. The molecule has 6 bridgehead atoms. The van der Waals surface area contributed by atoms with Crippen molar-refractivity contribution in [3.05, 3.63) is 83.3 Å². The number of hydrogen-bond acceptors (Lipinski definition) is 22. The van der Waals surface area contributed by atoms with Crippen LogP contribution in [0.25, 0.3) is 33.1 Å². The molecule has 3 aromatic heterocycles. The fraction of sp³-hybridized carbons (Fsp3) is 0.673. The van der Waals surface area contributed by atoms with Crippen molar-refractivity contribution in [2.45, 2.75) is 322 Å². The number of aryl methyl sites for hydroxylation is 1. The molecule has 6 aliphatic heterocycles. The summed E-state index contributed by atoms with van der Waals surface area (Å²) in [6.45, 7) is 21.8. The number of ether oxygens (including phenoxy) is 7. The Balaban J connectivity index is 0.000000163. The summed E-state index contributed by atoms with van der Waals surface area (Å²) in [4.78, 5) is 150. The fourth-order valence-corrected chi connectivity index (χ4v) is 23.0. The molecule has 19 rings (SSSR count). The molecular formula is C101H125F6N12O16V3-3. The molecule has 138 heavy (non-hydrogen) atoms. The maximum Gasteiger partial charge on any atom is 0.408 e. The van der Waals surface area contributed by atoms with Crippen LogP contribution in [0.1, 0.15) is 241 Å². The fourth-order valence-electron chi connectivity index (χ4n) is 23.0. The standard InChI is InChI=1S/C36H47N4O6.C33H40F3N4O5.C32H38F3N4O5.3V/c1-5-23-29(19-41)40-18-31(23)45-33-27(37-26-14-13-22(17-28(26)38-33)44-21-11-12-21)10-8-6-7-9-24-25-15-20(25)16-30(24)46-35(43)39-32(34(40)42)36(2,3)4;1-5-19-24(16-41)40-15-26(19)44-29-27(37-22-10-9-18(34)14-23(22)38-29)33(35,36)11-7-6-8-20-21-12-17(21)13-25(20)45-31(43)39-28(30(40)42)32(2,3)4;1-16-23(15-40)39-14-25(16)43-28-26(36-21-9-8-18(33)13-22(21)37-28)32(34,35)10-6-5-7-19-20-11-17(20)12-24(19)44-30(42)38-27(29(39)41)31(2,3)4;;;/h13-14,17,20-21,23-25,29-32H,5-12,15-16,18H2,1-4H3,(H,39,43);9-10,14,17,19-21,24-26,28H,5-8,11-13,15H2,1-4H3,(H,39,43);8-9,13,16-17,19-20,23-25,27H,5-7,10-12,14H2,1-4H3,(H,38,42);;;/q3*-1;;;/t20?,23-,24+,25?,29+,30+,31-,32+;17?,19-,20+,21?,24+,25+,26-,28+;16-,17?,19+,20?,23+,24+,25-,27+;;;/m000.../s1. The molecule has 6 aromatic rings. The van der Waals surface area contributed by atoms with Crippen LogP contribution in [0.3, 0.4) is 0 Å². The molecule has 28 nitrogen and oxygen atoms in total. The van der Waals surface area contributed by atoms with Crippen LogP contribution in [-0.2, 0) is 117 Å². The maximum atomic E-state index is 16.0. The van der Waals surface area contributed by atoms with Gasteiger partial charge >= 0.3 is 18.3 Å². The summed E-state index contributed by atoms with van der Waals surface area (Å²) in [6.07, 6.45) is 16.2. The van der Waals surface area contributed by atoms with Gasteiger partial charge in [0.1, 0.15) is 77.8 Å². The molecule has 24 atom stereocenters. The number of halogens is 6. The van der Waals surface area contributed by atoms with Gasteiger partial charge in [-0.25, -0.2) is 71.9 Å². The maximum absolute atomic E-state index is 16.0. The molecule has 13 aliphatic rings. The molecule has 0 spiro atoms. The number of carbonyl (C=O) groups is 6. The van der Waals surface area contributed by atoms with E-state index in [1.54, 1.807) is 55.4 Å². The molecule has 9 heterocycles. The molecule has 7 aliphatic carbocycles. The summed E-state index contributed by atoms with van der Waals surface area (Å²) in [5, 5.41) is 8.47. The average molecular weight is 2030 g/mol. The van der Waals surface area contributed by atoms with Crippen LogP contribution >= 0.6 is 0 Å². The van der Waals surface area contributed by atoms with E-state index in [1.807, 2.05) is 58.5 Å². The molecular weight excluding hydrogens is 1900 g/mol. The van der Waals surface area contributed by atoms with Crippen molar-refractivity contribution in [3.8, 4) is 23.4 Å². The topological polar surface area (TPSA) is 341 Å². The summed E-state index contributed by atoms with van der Waals surface area (Å²) >= 11 is 0. The van der Waals surface area contributed by atoms with Gasteiger partial charge in [0, 0.05) is 86.7 Å². The van der Waals surface area contributed by atoms with Gasteiger partial charge in [0.2, 0.25) is 35.4 Å². The van der Waals surface area contributed by atoms with Crippen molar-refractivity contribution < 1.29 is 158 Å².